The van der Waals surface area contributed by atoms with Gasteiger partial charge in [-0.3, -0.25) is 4.90 Å². The van der Waals surface area contributed by atoms with Crippen molar-refractivity contribution in [2.24, 2.45) is 5.92 Å². The standard InChI is InChI=1S/C17H31NO5/c1-15(2,3)22-13(19)17(7)9-12(11-21-8)10-18(17)14(20)23-16(4,5)6/h12H,9-11H2,1-8H3. The molecule has 134 valence electrons. The molecule has 6 nitrogen and oxygen atoms in total. The zero-order valence-corrected chi connectivity index (χ0v) is 15.7. The summed E-state index contributed by atoms with van der Waals surface area (Å²) in [7, 11) is 1.61. The van der Waals surface area contributed by atoms with Gasteiger partial charge in [-0.2, -0.15) is 0 Å². The third-order valence-electron chi connectivity index (χ3n) is 3.58. The summed E-state index contributed by atoms with van der Waals surface area (Å²) in [6, 6.07) is 0. The van der Waals surface area contributed by atoms with Gasteiger partial charge >= 0.3 is 12.1 Å². The lowest BCUT2D eigenvalue weighted by Crippen LogP contribution is -2.54. The van der Waals surface area contributed by atoms with Crippen LogP contribution in [0.25, 0.3) is 0 Å². The molecule has 1 amide bonds. The first-order valence-corrected chi connectivity index (χ1v) is 8.01. The monoisotopic (exact) mass is 329 g/mol. The van der Waals surface area contributed by atoms with Crippen LogP contribution in [0.5, 0.6) is 0 Å². The molecule has 0 aliphatic carbocycles. The van der Waals surface area contributed by atoms with Gasteiger partial charge in [-0.05, 0) is 54.9 Å². The highest BCUT2D eigenvalue weighted by molar-refractivity contribution is 5.86. The summed E-state index contributed by atoms with van der Waals surface area (Å²) in [5.74, 6) is -0.334. The average molecular weight is 329 g/mol. The minimum Gasteiger partial charge on any atom is -0.458 e. The van der Waals surface area contributed by atoms with Gasteiger partial charge in [-0.25, -0.2) is 9.59 Å². The topological polar surface area (TPSA) is 65.1 Å². The van der Waals surface area contributed by atoms with Crippen LogP contribution in [0.1, 0.15) is 54.9 Å². The van der Waals surface area contributed by atoms with Crippen molar-refractivity contribution >= 4 is 12.1 Å². The van der Waals surface area contributed by atoms with Crippen LogP contribution in [0.15, 0.2) is 0 Å². The number of ether oxygens (including phenoxy) is 3. The second-order valence-electron chi connectivity index (χ2n) is 8.39. The summed E-state index contributed by atoms with van der Waals surface area (Å²) < 4.78 is 16.2. The molecule has 0 bridgehead atoms. The van der Waals surface area contributed by atoms with Gasteiger partial charge in [0.05, 0.1) is 6.61 Å². The molecule has 0 N–H and O–H groups in total. The zero-order chi connectivity index (χ0) is 18.1. The zero-order valence-electron chi connectivity index (χ0n) is 15.7. The minimum atomic E-state index is -1.04. The Balaban J connectivity index is 3.02. The molecule has 1 rings (SSSR count). The summed E-state index contributed by atoms with van der Waals surface area (Å²) in [5.41, 5.74) is -2.27. The summed E-state index contributed by atoms with van der Waals surface area (Å²) in [6.45, 7) is 13.5. The Morgan fingerprint density at radius 2 is 1.61 bits per heavy atom. The summed E-state index contributed by atoms with van der Waals surface area (Å²) in [5, 5.41) is 0. The van der Waals surface area contributed by atoms with Crippen molar-refractivity contribution in [2.45, 2.75) is 71.6 Å². The van der Waals surface area contributed by atoms with Gasteiger partial charge in [0.25, 0.3) is 0 Å². The molecule has 0 radical (unpaired) electrons. The molecule has 1 aliphatic rings. The van der Waals surface area contributed by atoms with E-state index in [-0.39, 0.29) is 5.92 Å². The van der Waals surface area contributed by atoms with Crippen molar-refractivity contribution in [2.75, 3.05) is 20.3 Å². The third kappa shape index (κ3) is 5.37. The fraction of sp³-hybridized carbons (Fsp3) is 0.882. The number of hydrogen-bond donors (Lipinski definition) is 0. The van der Waals surface area contributed by atoms with Gasteiger partial charge in [0.1, 0.15) is 16.7 Å². The van der Waals surface area contributed by atoms with Gasteiger partial charge in [0.15, 0.2) is 0 Å². The van der Waals surface area contributed by atoms with Crippen LogP contribution in [0.4, 0.5) is 4.79 Å². The van der Waals surface area contributed by atoms with Crippen molar-refractivity contribution in [3.05, 3.63) is 0 Å². The van der Waals surface area contributed by atoms with Crippen molar-refractivity contribution in [1.82, 2.24) is 4.90 Å². The van der Waals surface area contributed by atoms with E-state index in [4.69, 9.17) is 14.2 Å². The van der Waals surface area contributed by atoms with Crippen LogP contribution in [0, 0.1) is 5.92 Å². The van der Waals surface area contributed by atoms with E-state index in [9.17, 15) is 9.59 Å². The molecule has 1 saturated heterocycles. The molecule has 2 unspecified atom stereocenters. The van der Waals surface area contributed by atoms with E-state index in [1.807, 2.05) is 20.8 Å². The highest BCUT2D eigenvalue weighted by Gasteiger charge is 2.52. The van der Waals surface area contributed by atoms with Crippen LogP contribution in [-0.2, 0) is 19.0 Å². The number of carbonyl (C=O) groups is 2. The molecule has 6 heteroatoms. The molecule has 0 spiro atoms. The lowest BCUT2D eigenvalue weighted by atomic mass is 9.94. The van der Waals surface area contributed by atoms with Crippen molar-refractivity contribution in [1.29, 1.82) is 0 Å². The first kappa shape index (κ1) is 19.7. The van der Waals surface area contributed by atoms with Gasteiger partial charge < -0.3 is 14.2 Å². The van der Waals surface area contributed by atoms with Crippen LogP contribution in [-0.4, -0.2) is 54.0 Å². The van der Waals surface area contributed by atoms with Crippen LogP contribution in [0.3, 0.4) is 0 Å². The highest BCUT2D eigenvalue weighted by Crippen LogP contribution is 2.36. The Hall–Kier alpha value is -1.30. The lowest BCUT2D eigenvalue weighted by molar-refractivity contribution is -0.166. The van der Waals surface area contributed by atoms with E-state index >= 15 is 0 Å². The number of rotatable bonds is 3. The van der Waals surface area contributed by atoms with Gasteiger partial charge in [-0.15, -0.1) is 0 Å². The SMILES string of the molecule is COCC1CN(C(=O)OC(C)(C)C)C(C)(C(=O)OC(C)(C)C)C1. The van der Waals surface area contributed by atoms with E-state index in [0.717, 1.165) is 0 Å². The first-order chi connectivity index (χ1) is 10.3. The summed E-state index contributed by atoms with van der Waals surface area (Å²) in [6.07, 6.45) is -0.000832. The molecule has 0 aromatic carbocycles. The van der Waals surface area contributed by atoms with Crippen LogP contribution < -0.4 is 0 Å². The summed E-state index contributed by atoms with van der Waals surface area (Å²) >= 11 is 0. The smallest absolute Gasteiger partial charge is 0.411 e. The lowest BCUT2D eigenvalue weighted by Gasteiger charge is -2.36. The number of likely N-dealkylation sites (tertiary alicyclic amines) is 1. The maximum Gasteiger partial charge on any atom is 0.411 e. The highest BCUT2D eigenvalue weighted by atomic mass is 16.6. The molecule has 0 aromatic heterocycles. The molecule has 1 fully saturated rings. The largest absolute Gasteiger partial charge is 0.458 e. The molecular weight excluding hydrogens is 298 g/mol. The predicted octanol–water partition coefficient (Wildman–Crippen LogP) is 2.99. The van der Waals surface area contributed by atoms with Gasteiger partial charge in [-0.1, -0.05) is 0 Å². The van der Waals surface area contributed by atoms with Crippen LogP contribution in [0.2, 0.25) is 0 Å². The Morgan fingerprint density at radius 3 is 2.04 bits per heavy atom. The molecule has 1 aliphatic heterocycles. The molecule has 0 saturated carbocycles. The van der Waals surface area contributed by atoms with Crippen molar-refractivity contribution in [3.8, 4) is 0 Å². The van der Waals surface area contributed by atoms with Gasteiger partial charge in [0.2, 0.25) is 0 Å². The summed E-state index contributed by atoms with van der Waals surface area (Å²) in [4.78, 5) is 26.7. The third-order valence-corrected chi connectivity index (χ3v) is 3.58. The van der Waals surface area contributed by atoms with Gasteiger partial charge in [0, 0.05) is 19.6 Å². The number of amides is 1. The number of methoxy groups -OCH3 is 1. The molecule has 23 heavy (non-hydrogen) atoms. The maximum atomic E-state index is 12.7. The normalized spacial score (nSPS) is 25.4. The van der Waals surface area contributed by atoms with Crippen molar-refractivity contribution < 1.29 is 23.8 Å². The van der Waals surface area contributed by atoms with E-state index in [1.54, 1.807) is 34.8 Å². The number of nitrogens with zero attached hydrogens (tertiary/aromatic N) is 1. The van der Waals surface area contributed by atoms with Crippen molar-refractivity contribution in [3.63, 3.8) is 0 Å². The average Bonchev–Trinajstić information content (AvgIpc) is 2.64. The molecule has 2 atom stereocenters. The molecular formula is C17H31NO5. The second-order valence-corrected chi connectivity index (χ2v) is 8.39. The van der Waals surface area contributed by atoms with E-state index in [1.165, 1.54) is 4.90 Å². The van der Waals surface area contributed by atoms with E-state index in [0.29, 0.717) is 19.6 Å². The Morgan fingerprint density at radius 1 is 1.09 bits per heavy atom. The molecule has 0 aromatic rings. The Kier molecular flexibility index (Phi) is 5.73. The first-order valence-electron chi connectivity index (χ1n) is 8.01. The number of esters is 1. The van der Waals surface area contributed by atoms with E-state index < -0.39 is 28.8 Å². The fourth-order valence-corrected chi connectivity index (χ4v) is 2.72. The number of hydrogen-bond acceptors (Lipinski definition) is 5. The fourth-order valence-electron chi connectivity index (χ4n) is 2.72. The second kappa shape index (κ2) is 6.67. The number of carbonyl (C=O) groups excluding carboxylic acids is 2. The minimum absolute atomic E-state index is 0.0741. The maximum absolute atomic E-state index is 12.7. The van der Waals surface area contributed by atoms with Crippen LogP contribution >= 0.6 is 0 Å². The molecule has 1 heterocycles. The quantitative estimate of drug-likeness (QED) is 0.745. The Labute approximate surface area is 139 Å². The Bertz CT molecular complexity index is 449. The van der Waals surface area contributed by atoms with E-state index in [2.05, 4.69) is 0 Å². The predicted molar refractivity (Wildman–Crippen MR) is 87.2 cm³/mol.